The third-order valence-corrected chi connectivity index (χ3v) is 19.1. The molecule has 542 valence electrons. The molecule has 0 aromatic heterocycles. The van der Waals surface area contributed by atoms with Crippen LogP contribution in [0, 0.1) is 0 Å². The quantitative estimate of drug-likeness (QED) is 0.0363. The topological polar surface area (TPSA) is 89.6 Å². The van der Waals surface area contributed by atoms with Gasteiger partial charge < -0.3 is 29.2 Å². The largest absolute Gasteiger partial charge is 0.457 e. The lowest BCUT2D eigenvalue weighted by Gasteiger charge is -2.32. The minimum Gasteiger partial charge on any atom is -0.457 e. The minimum atomic E-state index is -0.594. The standard InChI is InChI=1S/C85H151N3O6/c1-8-12-16-20-24-28-32-36-40-44-48-52-56-60-64-68-72-85(73-69-65-61-57-53-49-45-41-37-33-29-25-21-17-13-9-2)93-79(74-86-5)80(94-85)76-87(6)75-78-84(92-83(90)71-67-63-59-55-51-47-43-39-35-31-27-23-19-15-11-4)81(77-88(78)7)91-82(89)70-66-62-58-54-50-46-42-38-34-30-26-22-18-14-10-3/h24-31,36-43,78-81,84,86H,8-23,32-35,44-77H2,1-7H3/b28-24-,29-25-,30-26-,31-27-,40-36-,41-37-,42-38-,43-39-/t78?,79-,80-,81-,84+/m0/s1. The summed E-state index contributed by atoms with van der Waals surface area (Å²) in [4.78, 5) is 32.1. The summed E-state index contributed by atoms with van der Waals surface area (Å²) >= 11 is 0. The number of esters is 2. The fourth-order valence-electron chi connectivity index (χ4n) is 13.2. The maximum absolute atomic E-state index is 13.8. The van der Waals surface area contributed by atoms with E-state index in [2.05, 4.69) is 154 Å². The molecule has 94 heavy (non-hydrogen) atoms. The van der Waals surface area contributed by atoms with Crippen LogP contribution in [0.4, 0.5) is 0 Å². The number of hydrogen-bond acceptors (Lipinski definition) is 9. The molecule has 0 spiro atoms. The second-order valence-corrected chi connectivity index (χ2v) is 28.1. The molecule has 0 radical (unpaired) electrons. The first-order chi connectivity index (χ1) is 46.2. The third kappa shape index (κ3) is 49.2. The van der Waals surface area contributed by atoms with Gasteiger partial charge in [-0.1, -0.05) is 266 Å². The van der Waals surface area contributed by atoms with Crippen LogP contribution < -0.4 is 5.32 Å². The lowest BCUT2D eigenvalue weighted by atomic mass is 9.98. The molecular weight excluding hydrogens is 1160 g/mol. The number of nitrogens with one attached hydrogen (secondary N) is 1. The van der Waals surface area contributed by atoms with Crippen molar-refractivity contribution >= 4 is 11.9 Å². The molecule has 0 saturated carbocycles. The number of likely N-dealkylation sites (tertiary alicyclic amines) is 1. The lowest BCUT2D eigenvalue weighted by molar-refractivity contribution is -0.187. The molecular formula is C85H151N3O6. The number of likely N-dealkylation sites (N-methyl/N-ethyl adjacent to an activating group) is 3. The van der Waals surface area contributed by atoms with Gasteiger partial charge in [0.15, 0.2) is 18.0 Å². The van der Waals surface area contributed by atoms with Gasteiger partial charge in [0.25, 0.3) is 0 Å². The Morgan fingerprint density at radius 3 is 1.07 bits per heavy atom. The molecule has 1 unspecified atom stereocenters. The van der Waals surface area contributed by atoms with Crippen molar-refractivity contribution in [3.05, 3.63) is 97.2 Å². The summed E-state index contributed by atoms with van der Waals surface area (Å²) in [6, 6.07) is -0.140. The molecule has 2 heterocycles. The van der Waals surface area contributed by atoms with E-state index in [9.17, 15) is 9.59 Å². The molecule has 2 saturated heterocycles. The predicted octanol–water partition coefficient (Wildman–Crippen LogP) is 23.8. The zero-order valence-electron chi connectivity index (χ0n) is 62.7. The van der Waals surface area contributed by atoms with Crippen molar-refractivity contribution in [2.75, 3.05) is 47.3 Å². The maximum atomic E-state index is 13.8. The molecule has 0 aromatic carbocycles. The average molecular weight is 1310 g/mol. The predicted molar refractivity (Wildman–Crippen MR) is 407 cm³/mol. The highest BCUT2D eigenvalue weighted by molar-refractivity contribution is 5.71. The normalized spacial score (nSPS) is 18.8. The fourth-order valence-corrected chi connectivity index (χ4v) is 13.2. The average Bonchev–Trinajstić information content (AvgIpc) is 1.66. The van der Waals surface area contributed by atoms with E-state index in [0.717, 1.165) is 109 Å². The molecule has 0 aliphatic carbocycles. The van der Waals surface area contributed by atoms with E-state index in [-0.39, 0.29) is 30.2 Å². The Morgan fingerprint density at radius 1 is 0.415 bits per heavy atom. The highest BCUT2D eigenvalue weighted by atomic mass is 16.8. The molecule has 2 aliphatic rings. The highest BCUT2D eigenvalue weighted by Gasteiger charge is 2.49. The second-order valence-electron chi connectivity index (χ2n) is 28.1. The first-order valence-corrected chi connectivity index (χ1v) is 40.2. The first-order valence-electron chi connectivity index (χ1n) is 40.2. The molecule has 0 aromatic rings. The van der Waals surface area contributed by atoms with Crippen molar-refractivity contribution in [2.45, 2.75) is 385 Å². The smallest absolute Gasteiger partial charge is 0.306 e. The summed E-state index contributed by atoms with van der Waals surface area (Å²) in [6.45, 7) is 11.6. The van der Waals surface area contributed by atoms with Crippen LogP contribution in [-0.4, -0.2) is 105 Å². The molecule has 2 fully saturated rings. The van der Waals surface area contributed by atoms with E-state index in [0.29, 0.717) is 32.5 Å². The third-order valence-electron chi connectivity index (χ3n) is 19.1. The van der Waals surface area contributed by atoms with E-state index >= 15 is 0 Å². The summed E-state index contributed by atoms with van der Waals surface area (Å²) in [5.74, 6) is -0.966. The number of hydrogen-bond donors (Lipinski definition) is 1. The van der Waals surface area contributed by atoms with Gasteiger partial charge in [0.05, 0.1) is 6.04 Å². The maximum Gasteiger partial charge on any atom is 0.306 e. The van der Waals surface area contributed by atoms with Crippen molar-refractivity contribution in [3.63, 3.8) is 0 Å². The van der Waals surface area contributed by atoms with Crippen LogP contribution in [0.15, 0.2) is 97.2 Å². The van der Waals surface area contributed by atoms with Gasteiger partial charge in [0.1, 0.15) is 12.2 Å². The number of nitrogens with zero attached hydrogens (tertiary/aromatic N) is 2. The van der Waals surface area contributed by atoms with Gasteiger partial charge in [0, 0.05) is 51.9 Å². The van der Waals surface area contributed by atoms with Crippen molar-refractivity contribution < 1.29 is 28.5 Å². The Bertz CT molecular complexity index is 1920. The summed E-state index contributed by atoms with van der Waals surface area (Å²) in [7, 11) is 6.29. The van der Waals surface area contributed by atoms with Gasteiger partial charge in [0.2, 0.25) is 0 Å². The van der Waals surface area contributed by atoms with Crippen LogP contribution in [0.2, 0.25) is 0 Å². The monoisotopic (exact) mass is 1310 g/mol. The van der Waals surface area contributed by atoms with E-state index < -0.39 is 18.0 Å². The van der Waals surface area contributed by atoms with Gasteiger partial charge in [-0.25, -0.2) is 0 Å². The molecule has 2 aliphatic heterocycles. The Hall–Kier alpha value is -3.34. The number of allylic oxidation sites excluding steroid dienone is 16. The molecule has 0 amide bonds. The van der Waals surface area contributed by atoms with Gasteiger partial charge in [-0.3, -0.25) is 14.5 Å². The van der Waals surface area contributed by atoms with Crippen LogP contribution >= 0.6 is 0 Å². The summed E-state index contributed by atoms with van der Waals surface area (Å²) in [5.41, 5.74) is 0. The highest BCUT2D eigenvalue weighted by Crippen LogP contribution is 2.39. The minimum absolute atomic E-state index is 0.0803. The number of ether oxygens (including phenoxy) is 4. The number of unbranched alkanes of at least 4 members (excludes halogenated alkanes) is 34. The van der Waals surface area contributed by atoms with Crippen LogP contribution in [-0.2, 0) is 28.5 Å². The van der Waals surface area contributed by atoms with Gasteiger partial charge in [-0.05, 0) is 175 Å². The van der Waals surface area contributed by atoms with Gasteiger partial charge in [-0.2, -0.15) is 0 Å². The fraction of sp³-hybridized carbons (Fsp3) is 0.788. The van der Waals surface area contributed by atoms with Crippen LogP contribution in [0.3, 0.4) is 0 Å². The van der Waals surface area contributed by atoms with E-state index in [1.165, 1.54) is 205 Å². The van der Waals surface area contributed by atoms with Crippen LogP contribution in [0.5, 0.6) is 0 Å². The van der Waals surface area contributed by atoms with E-state index in [4.69, 9.17) is 18.9 Å². The molecule has 9 heteroatoms. The van der Waals surface area contributed by atoms with Crippen molar-refractivity contribution in [2.24, 2.45) is 0 Å². The van der Waals surface area contributed by atoms with Crippen molar-refractivity contribution in [3.8, 4) is 0 Å². The lowest BCUT2D eigenvalue weighted by Crippen LogP contribution is -2.48. The molecule has 0 bridgehead atoms. The first kappa shape index (κ1) is 86.7. The van der Waals surface area contributed by atoms with E-state index in [1.54, 1.807) is 0 Å². The second kappa shape index (κ2) is 64.3. The van der Waals surface area contributed by atoms with E-state index in [1.807, 2.05) is 7.05 Å². The number of rotatable bonds is 66. The zero-order valence-corrected chi connectivity index (χ0v) is 62.7. The van der Waals surface area contributed by atoms with Crippen LogP contribution in [0.1, 0.15) is 349 Å². The summed E-state index contributed by atoms with van der Waals surface area (Å²) in [6.07, 6.45) is 93.1. The van der Waals surface area contributed by atoms with Gasteiger partial charge in [-0.15, -0.1) is 0 Å². The number of carbonyl (C=O) groups is 2. The molecule has 5 atom stereocenters. The van der Waals surface area contributed by atoms with Gasteiger partial charge >= 0.3 is 11.9 Å². The zero-order chi connectivity index (χ0) is 67.7. The Balaban J connectivity index is 2.08. The summed E-state index contributed by atoms with van der Waals surface area (Å²) in [5, 5.41) is 3.46. The Kier molecular flexibility index (Phi) is 59.4. The SMILES string of the molecule is CCCCC/C=C\C/C=C\CCCCCCCCC1(CCCCCCCC/C=C\C/C=C\CCCCC)O[C@@H](CNC)[C@H](CN(C)CC2[C@@H](OC(=O)CCCCCCC/C=C\C/C=C\CCCCC)[C@@H](OC(=O)CCCCCCC/C=C\C/C=C\CCCCC)CN2C)O1. The van der Waals surface area contributed by atoms with Crippen molar-refractivity contribution in [1.82, 2.24) is 15.1 Å². The molecule has 1 N–H and O–H groups in total. The Labute approximate surface area is 582 Å². The number of carbonyl (C=O) groups excluding carboxylic acids is 2. The van der Waals surface area contributed by atoms with Crippen LogP contribution in [0.25, 0.3) is 0 Å². The molecule has 2 rings (SSSR count). The summed E-state index contributed by atoms with van der Waals surface area (Å²) < 4.78 is 27.3. The van der Waals surface area contributed by atoms with Crippen molar-refractivity contribution in [1.29, 1.82) is 0 Å². The Morgan fingerprint density at radius 2 is 0.723 bits per heavy atom. The molecule has 9 nitrogen and oxygen atoms in total.